The van der Waals surface area contributed by atoms with Gasteiger partial charge >= 0.3 is 0 Å². The number of piperazine rings is 1. The second-order valence-corrected chi connectivity index (χ2v) is 15.0. The van der Waals surface area contributed by atoms with E-state index in [0.717, 1.165) is 16.1 Å². The molecule has 1 unspecified atom stereocenters. The van der Waals surface area contributed by atoms with E-state index in [0.29, 0.717) is 28.0 Å². The Bertz CT molecular complexity index is 1720. The molecule has 2 aliphatic rings. The Morgan fingerprint density at radius 2 is 1.60 bits per heavy atom. The molecule has 5 rings (SSSR count). The highest BCUT2D eigenvalue weighted by Gasteiger charge is 2.35. The Morgan fingerprint density at radius 1 is 1.00 bits per heavy atom. The molecule has 3 aromatic rings. The van der Waals surface area contributed by atoms with E-state index < -0.39 is 30.6 Å². The Labute approximate surface area is 254 Å². The van der Waals surface area contributed by atoms with E-state index in [4.69, 9.17) is 27.9 Å². The number of amides is 1. The summed E-state index contributed by atoms with van der Waals surface area (Å²) < 4.78 is 57.8. The first-order valence-corrected chi connectivity index (χ1v) is 16.9. The van der Waals surface area contributed by atoms with Gasteiger partial charge < -0.3 is 19.9 Å². The molecule has 1 amide bonds. The van der Waals surface area contributed by atoms with Crippen molar-refractivity contribution >= 4 is 66.2 Å². The van der Waals surface area contributed by atoms with Gasteiger partial charge in [-0.2, -0.15) is 4.31 Å². The molecule has 224 valence electrons. The van der Waals surface area contributed by atoms with Crippen LogP contribution in [0.5, 0.6) is 0 Å². The molecular weight excluding hydrogens is 627 g/mol. The third-order valence-corrected chi connectivity index (χ3v) is 10.8. The van der Waals surface area contributed by atoms with Crippen LogP contribution in [0.1, 0.15) is 22.0 Å². The van der Waals surface area contributed by atoms with Crippen molar-refractivity contribution in [2.24, 2.45) is 0 Å². The van der Waals surface area contributed by atoms with Gasteiger partial charge in [-0.3, -0.25) is 9.10 Å². The van der Waals surface area contributed by atoms with Crippen LogP contribution < -0.4 is 14.3 Å². The minimum Gasteiger partial charge on any atom is -0.627 e. The van der Waals surface area contributed by atoms with Crippen molar-refractivity contribution < 1.29 is 26.4 Å². The molecule has 0 spiro atoms. The zero-order valence-corrected chi connectivity index (χ0v) is 25.8. The van der Waals surface area contributed by atoms with E-state index in [1.54, 1.807) is 18.2 Å². The molecule has 0 bridgehead atoms. The highest BCUT2D eigenvalue weighted by atomic mass is 35.5. The molecular formula is C27H28Cl2N4O7S2. The van der Waals surface area contributed by atoms with Crippen molar-refractivity contribution in [3.63, 3.8) is 0 Å². The van der Waals surface area contributed by atoms with Crippen LogP contribution in [-0.2, 0) is 24.8 Å². The van der Waals surface area contributed by atoms with Crippen LogP contribution in [0.3, 0.4) is 0 Å². The van der Waals surface area contributed by atoms with Gasteiger partial charge in [0.05, 0.1) is 55.2 Å². The molecule has 2 saturated heterocycles. The third-order valence-electron chi connectivity index (χ3n) is 7.30. The molecule has 15 heteroatoms. The maximum atomic E-state index is 13.4. The van der Waals surface area contributed by atoms with Crippen LogP contribution in [0.4, 0.5) is 17.1 Å². The van der Waals surface area contributed by atoms with Gasteiger partial charge in [0.1, 0.15) is 11.8 Å². The Hall–Kier alpha value is -2.75. The van der Waals surface area contributed by atoms with Gasteiger partial charge in [-0.25, -0.2) is 16.8 Å². The van der Waals surface area contributed by atoms with E-state index in [-0.39, 0.29) is 48.4 Å². The lowest BCUT2D eigenvalue weighted by atomic mass is 10.1. The van der Waals surface area contributed by atoms with Gasteiger partial charge in [-0.05, 0) is 48.0 Å². The SMILES string of the molecule is CN(c1ccc(C2CO2)cc1C(=O)Nc1ccc(S(=O)(=O)N2CC[N+]([O-])(c3cc(Cl)cc(Cl)c3)CC2)cc1)S(C)(=O)=O. The number of epoxide rings is 1. The number of benzene rings is 3. The van der Waals surface area contributed by atoms with Gasteiger partial charge in [0.15, 0.2) is 0 Å². The number of rotatable bonds is 8. The summed E-state index contributed by atoms with van der Waals surface area (Å²) in [6.45, 7) is 0.468. The summed E-state index contributed by atoms with van der Waals surface area (Å²) in [7, 11) is -6.21. The molecule has 0 aromatic heterocycles. The van der Waals surface area contributed by atoms with Gasteiger partial charge in [0.2, 0.25) is 20.0 Å². The lowest BCUT2D eigenvalue weighted by molar-refractivity contribution is 0.102. The molecule has 1 atom stereocenters. The molecule has 0 saturated carbocycles. The largest absolute Gasteiger partial charge is 0.627 e. The van der Waals surface area contributed by atoms with Crippen LogP contribution in [-0.4, -0.2) is 73.1 Å². The molecule has 0 radical (unpaired) electrons. The van der Waals surface area contributed by atoms with E-state index in [1.165, 1.54) is 53.8 Å². The number of quaternary nitrogens is 1. The number of carbonyl (C=O) groups is 1. The average Bonchev–Trinajstić information content (AvgIpc) is 3.78. The molecule has 2 fully saturated rings. The minimum atomic E-state index is -3.92. The summed E-state index contributed by atoms with van der Waals surface area (Å²) in [5, 5.41) is 16.8. The molecule has 3 aromatic carbocycles. The van der Waals surface area contributed by atoms with Crippen molar-refractivity contribution in [3.05, 3.63) is 87.0 Å². The molecule has 2 heterocycles. The number of hydroxylamine groups is 2. The van der Waals surface area contributed by atoms with E-state index in [1.807, 2.05) is 0 Å². The fourth-order valence-corrected chi connectivity index (χ4v) is 7.18. The first-order valence-electron chi connectivity index (χ1n) is 12.8. The summed E-state index contributed by atoms with van der Waals surface area (Å²) in [5.74, 6) is -0.569. The smallest absolute Gasteiger partial charge is 0.257 e. The highest BCUT2D eigenvalue weighted by Crippen LogP contribution is 2.34. The average molecular weight is 656 g/mol. The van der Waals surface area contributed by atoms with Crippen molar-refractivity contribution in [2.75, 3.05) is 55.7 Å². The van der Waals surface area contributed by atoms with Crippen molar-refractivity contribution in [1.29, 1.82) is 0 Å². The maximum Gasteiger partial charge on any atom is 0.257 e. The van der Waals surface area contributed by atoms with Crippen molar-refractivity contribution in [2.45, 2.75) is 11.0 Å². The summed E-state index contributed by atoms with van der Waals surface area (Å²) >= 11 is 12.1. The van der Waals surface area contributed by atoms with Crippen LogP contribution >= 0.6 is 23.2 Å². The summed E-state index contributed by atoms with van der Waals surface area (Å²) in [4.78, 5) is 13.3. The van der Waals surface area contributed by atoms with Crippen LogP contribution in [0.15, 0.2) is 65.6 Å². The maximum absolute atomic E-state index is 13.4. The second kappa shape index (κ2) is 11.4. The van der Waals surface area contributed by atoms with E-state index in [9.17, 15) is 26.8 Å². The Kier molecular flexibility index (Phi) is 8.33. The van der Waals surface area contributed by atoms with E-state index in [2.05, 4.69) is 5.32 Å². The minimum absolute atomic E-state index is 0.00239. The van der Waals surface area contributed by atoms with Gasteiger partial charge in [0.25, 0.3) is 5.91 Å². The van der Waals surface area contributed by atoms with Crippen LogP contribution in [0.2, 0.25) is 10.0 Å². The van der Waals surface area contributed by atoms with Crippen molar-refractivity contribution in [3.8, 4) is 0 Å². The number of nitrogens with zero attached hydrogens (tertiary/aromatic N) is 3. The Morgan fingerprint density at radius 3 is 2.14 bits per heavy atom. The number of nitrogens with one attached hydrogen (secondary N) is 1. The Balaban J connectivity index is 1.30. The normalized spacial score (nSPS) is 18.8. The summed E-state index contributed by atoms with van der Waals surface area (Å²) in [5.41, 5.74) is 1.74. The van der Waals surface area contributed by atoms with Crippen LogP contribution in [0.25, 0.3) is 0 Å². The van der Waals surface area contributed by atoms with Crippen LogP contribution in [0, 0.1) is 5.21 Å². The standard InChI is InChI=1S/C27H28Cl2N4O7S2/c1-31(41(2,36)37)25-8-3-18(26-17-40-26)13-24(25)27(34)30-21-4-6-23(7-5-21)42(38,39)32-9-11-33(35,12-10-32)22-15-19(28)14-20(29)16-22/h3-8,13-16,26H,9-12,17H2,1-2H3,(H,30,34). The van der Waals surface area contributed by atoms with Gasteiger partial charge in [-0.1, -0.05) is 29.3 Å². The monoisotopic (exact) mass is 654 g/mol. The first-order chi connectivity index (χ1) is 19.7. The molecule has 42 heavy (non-hydrogen) atoms. The molecule has 2 aliphatic heterocycles. The van der Waals surface area contributed by atoms with Crippen molar-refractivity contribution in [1.82, 2.24) is 8.95 Å². The van der Waals surface area contributed by atoms with Gasteiger partial charge in [-0.15, -0.1) is 0 Å². The topological polar surface area (TPSA) is 139 Å². The number of hydrogen-bond acceptors (Lipinski definition) is 7. The van der Waals surface area contributed by atoms with Gasteiger partial charge in [0, 0.05) is 34.9 Å². The number of ether oxygens (including phenoxy) is 1. The molecule has 0 aliphatic carbocycles. The number of carbonyl (C=O) groups excluding carboxylic acids is 1. The summed E-state index contributed by atoms with van der Waals surface area (Å²) in [6, 6.07) is 15.1. The lowest BCUT2D eigenvalue weighted by Crippen LogP contribution is -2.58. The number of halogens is 2. The second-order valence-electron chi connectivity index (χ2n) is 10.2. The zero-order valence-electron chi connectivity index (χ0n) is 22.7. The highest BCUT2D eigenvalue weighted by molar-refractivity contribution is 7.92. The quantitative estimate of drug-likeness (QED) is 0.218. The summed E-state index contributed by atoms with van der Waals surface area (Å²) in [6.07, 6.45) is 0.888. The number of anilines is 2. The fraction of sp³-hybridized carbons (Fsp3) is 0.296. The number of sulfonamides is 2. The fourth-order valence-electron chi connectivity index (χ4n) is 4.73. The van der Waals surface area contributed by atoms with E-state index >= 15 is 0 Å². The molecule has 11 nitrogen and oxygen atoms in total. The predicted molar refractivity (Wildman–Crippen MR) is 163 cm³/mol. The zero-order chi connectivity index (χ0) is 30.4. The third kappa shape index (κ3) is 6.43. The lowest BCUT2D eigenvalue weighted by Gasteiger charge is -2.47. The molecule has 1 N–H and O–H groups in total. The first kappa shape index (κ1) is 30.7. The predicted octanol–water partition coefficient (Wildman–Crippen LogP) is 4.22. The number of hydrogen-bond donors (Lipinski definition) is 1.